The molecule has 2 rings (SSSR count). The van der Waals surface area contributed by atoms with Crippen molar-refractivity contribution in [2.24, 2.45) is 0 Å². The summed E-state index contributed by atoms with van der Waals surface area (Å²) in [6, 6.07) is 10.5. The molecule has 0 unspecified atom stereocenters. The Kier molecular flexibility index (Phi) is 5.34. The highest BCUT2D eigenvalue weighted by Crippen LogP contribution is 2.31. The number of hydrogen-bond acceptors (Lipinski definition) is 3. The van der Waals surface area contributed by atoms with Gasteiger partial charge in [0.15, 0.2) is 0 Å². The third kappa shape index (κ3) is 3.55. The molecule has 1 N–H and O–H groups in total. The van der Waals surface area contributed by atoms with Crippen LogP contribution in [-0.4, -0.2) is 8.42 Å². The number of aryl methyl sites for hydroxylation is 1. The van der Waals surface area contributed by atoms with Crippen molar-refractivity contribution in [3.63, 3.8) is 0 Å². The molecule has 7 heteroatoms. The molecule has 0 aliphatic rings. The fourth-order valence-corrected chi connectivity index (χ4v) is 5.25. The molecule has 0 amide bonds. The van der Waals surface area contributed by atoms with Gasteiger partial charge < -0.3 is 0 Å². The van der Waals surface area contributed by atoms with Gasteiger partial charge in [-0.3, -0.25) is 4.72 Å². The molecule has 2 aromatic rings. The van der Waals surface area contributed by atoms with E-state index in [0.29, 0.717) is 14.8 Å². The standard InChI is InChI=1S/C15H12I2N2O2S/c1-9-3-5-12(6-4-9)22(20,21)19-15-13(16)7-11(8-18)10(2)14(15)17/h3-7,19H,1-2H3. The molecule has 0 aromatic heterocycles. The average molecular weight is 538 g/mol. The highest BCUT2D eigenvalue weighted by molar-refractivity contribution is 14.1. The topological polar surface area (TPSA) is 70.0 Å². The maximum Gasteiger partial charge on any atom is 0.261 e. The normalized spacial score (nSPS) is 11.0. The Hall–Kier alpha value is -0.860. The van der Waals surface area contributed by atoms with Gasteiger partial charge in [0.25, 0.3) is 10.0 Å². The van der Waals surface area contributed by atoms with Crippen LogP contribution in [0.4, 0.5) is 5.69 Å². The van der Waals surface area contributed by atoms with E-state index in [2.05, 4.69) is 33.4 Å². The molecule has 0 atom stereocenters. The number of halogens is 2. The summed E-state index contributed by atoms with van der Waals surface area (Å²) >= 11 is 4.09. The lowest BCUT2D eigenvalue weighted by Gasteiger charge is -2.14. The minimum Gasteiger partial charge on any atom is -0.277 e. The van der Waals surface area contributed by atoms with Crippen LogP contribution in [0.3, 0.4) is 0 Å². The summed E-state index contributed by atoms with van der Waals surface area (Å²) in [7, 11) is -3.65. The van der Waals surface area contributed by atoms with Crippen molar-refractivity contribution in [2.45, 2.75) is 18.7 Å². The van der Waals surface area contributed by atoms with E-state index in [-0.39, 0.29) is 4.90 Å². The first-order valence-electron chi connectivity index (χ1n) is 6.24. The molecule has 0 aliphatic carbocycles. The molecule has 114 valence electrons. The number of rotatable bonds is 3. The summed E-state index contributed by atoms with van der Waals surface area (Å²) < 4.78 is 29.1. The highest BCUT2D eigenvalue weighted by atomic mass is 127. The maximum absolute atomic E-state index is 12.5. The quantitative estimate of drug-likeness (QED) is 0.597. The van der Waals surface area contributed by atoms with Crippen molar-refractivity contribution >= 4 is 60.9 Å². The summed E-state index contributed by atoms with van der Waals surface area (Å²) in [6.07, 6.45) is 0. The number of hydrogen-bond donors (Lipinski definition) is 1. The largest absolute Gasteiger partial charge is 0.277 e. The summed E-state index contributed by atoms with van der Waals surface area (Å²) in [5, 5.41) is 9.10. The molecule has 2 aromatic carbocycles. The van der Waals surface area contributed by atoms with Gasteiger partial charge in [-0.25, -0.2) is 8.42 Å². The molecule has 0 saturated heterocycles. The van der Waals surface area contributed by atoms with Crippen LogP contribution >= 0.6 is 45.2 Å². The molecule has 0 spiro atoms. The predicted octanol–water partition coefficient (Wildman–Crippen LogP) is 4.19. The fraction of sp³-hybridized carbons (Fsp3) is 0.133. The molecule has 0 bridgehead atoms. The zero-order valence-electron chi connectivity index (χ0n) is 11.8. The van der Waals surface area contributed by atoms with Gasteiger partial charge in [-0.05, 0) is 82.8 Å². The Morgan fingerprint density at radius 2 is 1.73 bits per heavy atom. The van der Waals surface area contributed by atoms with Gasteiger partial charge in [0.2, 0.25) is 0 Å². The van der Waals surface area contributed by atoms with E-state index in [1.807, 2.05) is 29.5 Å². The Morgan fingerprint density at radius 3 is 2.27 bits per heavy atom. The minimum absolute atomic E-state index is 0.215. The summed E-state index contributed by atoms with van der Waals surface area (Å²) in [4.78, 5) is 0.215. The highest BCUT2D eigenvalue weighted by Gasteiger charge is 2.19. The van der Waals surface area contributed by atoms with Crippen LogP contribution in [0, 0.1) is 32.3 Å². The number of nitrogens with one attached hydrogen (secondary N) is 1. The lowest BCUT2D eigenvalue weighted by atomic mass is 10.1. The van der Waals surface area contributed by atoms with Gasteiger partial charge >= 0.3 is 0 Å². The van der Waals surface area contributed by atoms with E-state index < -0.39 is 10.0 Å². The summed E-state index contributed by atoms with van der Waals surface area (Å²) in [5.41, 5.74) is 2.83. The van der Waals surface area contributed by atoms with Crippen molar-refractivity contribution in [1.29, 1.82) is 5.26 Å². The second kappa shape index (κ2) is 6.72. The SMILES string of the molecule is Cc1ccc(S(=O)(=O)Nc2c(I)cc(C#N)c(C)c2I)cc1. The Labute approximate surface area is 157 Å². The maximum atomic E-state index is 12.5. The lowest BCUT2D eigenvalue weighted by Crippen LogP contribution is -2.15. The number of sulfonamides is 1. The van der Waals surface area contributed by atoms with Gasteiger partial charge in [0, 0.05) is 7.14 Å². The van der Waals surface area contributed by atoms with Crippen LogP contribution in [0.25, 0.3) is 0 Å². The molecule has 0 fully saturated rings. The van der Waals surface area contributed by atoms with Crippen LogP contribution in [0.15, 0.2) is 35.2 Å². The third-order valence-corrected chi connectivity index (χ3v) is 6.72. The van der Waals surface area contributed by atoms with Crippen molar-refractivity contribution in [3.8, 4) is 6.07 Å². The number of anilines is 1. The Balaban J connectivity index is 2.49. The van der Waals surface area contributed by atoms with E-state index in [9.17, 15) is 8.42 Å². The fourth-order valence-electron chi connectivity index (χ4n) is 1.84. The first kappa shape index (κ1) is 17.5. The number of benzene rings is 2. The smallest absolute Gasteiger partial charge is 0.261 e. The first-order valence-corrected chi connectivity index (χ1v) is 9.88. The lowest BCUT2D eigenvalue weighted by molar-refractivity contribution is 0.601. The molecule has 4 nitrogen and oxygen atoms in total. The molecule has 0 aliphatic heterocycles. The van der Waals surface area contributed by atoms with Crippen molar-refractivity contribution in [2.75, 3.05) is 4.72 Å². The van der Waals surface area contributed by atoms with Crippen LogP contribution in [0.5, 0.6) is 0 Å². The van der Waals surface area contributed by atoms with Crippen molar-refractivity contribution < 1.29 is 8.42 Å². The molecule has 22 heavy (non-hydrogen) atoms. The van der Waals surface area contributed by atoms with E-state index in [1.54, 1.807) is 37.3 Å². The van der Waals surface area contributed by atoms with E-state index in [0.717, 1.165) is 14.7 Å². The van der Waals surface area contributed by atoms with Crippen LogP contribution in [0.2, 0.25) is 0 Å². The van der Waals surface area contributed by atoms with Gasteiger partial charge in [-0.15, -0.1) is 0 Å². The van der Waals surface area contributed by atoms with Crippen LogP contribution in [-0.2, 0) is 10.0 Å². The van der Waals surface area contributed by atoms with Crippen molar-refractivity contribution in [1.82, 2.24) is 0 Å². The molecular formula is C15H12I2N2O2S. The molecular weight excluding hydrogens is 526 g/mol. The van der Waals surface area contributed by atoms with Gasteiger partial charge in [-0.2, -0.15) is 5.26 Å². The molecule has 0 radical (unpaired) electrons. The van der Waals surface area contributed by atoms with Crippen LogP contribution in [0.1, 0.15) is 16.7 Å². The van der Waals surface area contributed by atoms with Crippen molar-refractivity contribution in [3.05, 3.63) is 54.2 Å². The molecule has 0 heterocycles. The number of nitrogens with zero attached hydrogens (tertiary/aromatic N) is 1. The first-order chi connectivity index (χ1) is 10.3. The zero-order valence-corrected chi connectivity index (χ0v) is 16.9. The third-order valence-electron chi connectivity index (χ3n) is 3.15. The van der Waals surface area contributed by atoms with Gasteiger partial charge in [0.05, 0.1) is 22.2 Å². The van der Waals surface area contributed by atoms with E-state index >= 15 is 0 Å². The zero-order chi connectivity index (χ0) is 16.5. The summed E-state index contributed by atoms with van der Waals surface area (Å²) in [6.45, 7) is 3.71. The van der Waals surface area contributed by atoms with Crippen LogP contribution < -0.4 is 4.72 Å². The molecule has 0 saturated carbocycles. The summed E-state index contributed by atoms with van der Waals surface area (Å²) in [5.74, 6) is 0. The second-order valence-corrected chi connectivity index (χ2v) is 8.67. The van der Waals surface area contributed by atoms with Gasteiger partial charge in [0.1, 0.15) is 0 Å². The monoisotopic (exact) mass is 538 g/mol. The predicted molar refractivity (Wildman–Crippen MR) is 103 cm³/mol. The second-order valence-electron chi connectivity index (χ2n) is 4.75. The van der Waals surface area contributed by atoms with Gasteiger partial charge in [-0.1, -0.05) is 17.7 Å². The Morgan fingerprint density at radius 1 is 1.14 bits per heavy atom. The average Bonchev–Trinajstić information content (AvgIpc) is 2.48. The minimum atomic E-state index is -3.65. The number of nitriles is 1. The Bertz CT molecular complexity index is 870. The van der Waals surface area contributed by atoms with E-state index in [1.165, 1.54) is 0 Å². The van der Waals surface area contributed by atoms with E-state index in [4.69, 9.17) is 5.26 Å².